The Balaban J connectivity index is 2.08. The number of benzene rings is 2. The molecule has 0 saturated heterocycles. The molecule has 0 bridgehead atoms. The average molecular weight is 244 g/mol. The molecule has 0 aliphatic heterocycles. The zero-order chi connectivity index (χ0) is 13.0. The summed E-state index contributed by atoms with van der Waals surface area (Å²) in [4.78, 5) is 0. The van der Waals surface area contributed by atoms with Gasteiger partial charge in [-0.3, -0.25) is 0 Å². The van der Waals surface area contributed by atoms with Gasteiger partial charge in [0.25, 0.3) is 0 Å². The Morgan fingerprint density at radius 2 is 1.44 bits per heavy atom. The molecule has 1 atom stereocenters. The molecule has 4 heteroatoms. The quantitative estimate of drug-likeness (QED) is 0.719. The van der Waals surface area contributed by atoms with Crippen LogP contribution in [0.1, 0.15) is 11.6 Å². The SMILES string of the molecule is Nc1ccc(Oc2ccc(C(N)CO)cc2)cc1. The van der Waals surface area contributed by atoms with E-state index >= 15 is 0 Å². The van der Waals surface area contributed by atoms with E-state index in [1.165, 1.54) is 0 Å². The molecule has 0 spiro atoms. The normalized spacial score (nSPS) is 12.1. The smallest absolute Gasteiger partial charge is 0.127 e. The number of aliphatic hydroxyl groups excluding tert-OH is 1. The molecule has 18 heavy (non-hydrogen) atoms. The molecule has 5 N–H and O–H groups in total. The number of nitrogens with two attached hydrogens (primary N) is 2. The molecule has 4 nitrogen and oxygen atoms in total. The third kappa shape index (κ3) is 3.00. The van der Waals surface area contributed by atoms with Gasteiger partial charge in [-0.05, 0) is 42.0 Å². The number of hydrogen-bond acceptors (Lipinski definition) is 4. The molecule has 0 heterocycles. The lowest BCUT2D eigenvalue weighted by atomic mass is 10.1. The number of ether oxygens (including phenoxy) is 1. The van der Waals surface area contributed by atoms with E-state index in [1.807, 2.05) is 36.4 Å². The number of nitrogen functional groups attached to an aromatic ring is 1. The average Bonchev–Trinajstić information content (AvgIpc) is 2.41. The molecule has 2 rings (SSSR count). The predicted octanol–water partition coefficient (Wildman–Crippen LogP) is 2.05. The maximum Gasteiger partial charge on any atom is 0.127 e. The molecule has 0 radical (unpaired) electrons. The maximum absolute atomic E-state index is 8.95. The van der Waals surface area contributed by atoms with Gasteiger partial charge in [-0.15, -0.1) is 0 Å². The van der Waals surface area contributed by atoms with Crippen LogP contribution >= 0.6 is 0 Å². The van der Waals surface area contributed by atoms with Gasteiger partial charge < -0.3 is 21.3 Å². The van der Waals surface area contributed by atoms with Crippen molar-refractivity contribution in [3.63, 3.8) is 0 Å². The molecule has 0 fully saturated rings. The van der Waals surface area contributed by atoms with E-state index < -0.39 is 0 Å². The van der Waals surface area contributed by atoms with Crippen molar-refractivity contribution in [1.29, 1.82) is 0 Å². The Morgan fingerprint density at radius 1 is 0.944 bits per heavy atom. The summed E-state index contributed by atoms with van der Waals surface area (Å²) in [6.07, 6.45) is 0. The minimum atomic E-state index is -0.351. The Morgan fingerprint density at radius 3 is 1.94 bits per heavy atom. The van der Waals surface area contributed by atoms with Crippen LogP contribution in [0.15, 0.2) is 48.5 Å². The van der Waals surface area contributed by atoms with Crippen molar-refractivity contribution in [2.45, 2.75) is 6.04 Å². The van der Waals surface area contributed by atoms with Gasteiger partial charge in [-0.1, -0.05) is 12.1 Å². The molecule has 2 aromatic rings. The molecule has 1 unspecified atom stereocenters. The van der Waals surface area contributed by atoms with Crippen molar-refractivity contribution in [3.05, 3.63) is 54.1 Å². The largest absolute Gasteiger partial charge is 0.457 e. The van der Waals surface area contributed by atoms with Gasteiger partial charge in [-0.2, -0.15) is 0 Å². The molecular weight excluding hydrogens is 228 g/mol. The van der Waals surface area contributed by atoms with Crippen LogP contribution in [0.5, 0.6) is 11.5 Å². The van der Waals surface area contributed by atoms with Crippen molar-refractivity contribution in [2.75, 3.05) is 12.3 Å². The van der Waals surface area contributed by atoms with E-state index in [2.05, 4.69) is 0 Å². The van der Waals surface area contributed by atoms with Crippen LogP contribution in [0.25, 0.3) is 0 Å². The number of anilines is 1. The van der Waals surface area contributed by atoms with Crippen molar-refractivity contribution in [3.8, 4) is 11.5 Å². The molecule has 0 aromatic heterocycles. The predicted molar refractivity (Wildman–Crippen MR) is 71.4 cm³/mol. The fourth-order valence-corrected chi connectivity index (χ4v) is 1.56. The van der Waals surface area contributed by atoms with E-state index in [9.17, 15) is 0 Å². The first kappa shape index (κ1) is 12.4. The lowest BCUT2D eigenvalue weighted by molar-refractivity contribution is 0.268. The number of aliphatic hydroxyl groups is 1. The van der Waals surface area contributed by atoms with Crippen LogP contribution in [-0.4, -0.2) is 11.7 Å². The second kappa shape index (κ2) is 5.53. The topological polar surface area (TPSA) is 81.5 Å². The number of hydrogen-bond donors (Lipinski definition) is 3. The summed E-state index contributed by atoms with van der Waals surface area (Å²) in [7, 11) is 0. The zero-order valence-corrected chi connectivity index (χ0v) is 9.91. The van der Waals surface area contributed by atoms with E-state index in [1.54, 1.807) is 12.1 Å². The zero-order valence-electron chi connectivity index (χ0n) is 9.91. The van der Waals surface area contributed by atoms with Gasteiger partial charge in [0, 0.05) is 5.69 Å². The molecular formula is C14H16N2O2. The highest BCUT2D eigenvalue weighted by molar-refractivity contribution is 5.43. The lowest BCUT2D eigenvalue weighted by Gasteiger charge is -2.10. The highest BCUT2D eigenvalue weighted by atomic mass is 16.5. The van der Waals surface area contributed by atoms with E-state index in [4.69, 9.17) is 21.3 Å². The van der Waals surface area contributed by atoms with Crippen LogP contribution in [0, 0.1) is 0 Å². The minimum absolute atomic E-state index is 0.0713. The van der Waals surface area contributed by atoms with Gasteiger partial charge in [0.2, 0.25) is 0 Å². The summed E-state index contributed by atoms with van der Waals surface area (Å²) < 4.78 is 5.64. The molecule has 2 aromatic carbocycles. The van der Waals surface area contributed by atoms with Gasteiger partial charge in [0.05, 0.1) is 12.6 Å². The molecule has 0 aliphatic rings. The first-order valence-electron chi connectivity index (χ1n) is 5.69. The summed E-state index contributed by atoms with van der Waals surface area (Å²) >= 11 is 0. The summed E-state index contributed by atoms with van der Waals surface area (Å²) in [5, 5.41) is 8.95. The summed E-state index contributed by atoms with van der Waals surface area (Å²) in [5.41, 5.74) is 12.9. The Labute approximate surface area is 106 Å². The summed E-state index contributed by atoms with van der Waals surface area (Å²) in [6, 6.07) is 14.2. The summed E-state index contributed by atoms with van der Waals surface area (Å²) in [5.74, 6) is 1.44. The van der Waals surface area contributed by atoms with Crippen molar-refractivity contribution in [2.24, 2.45) is 5.73 Å². The van der Waals surface area contributed by atoms with Crippen LogP contribution < -0.4 is 16.2 Å². The molecule has 0 aliphatic carbocycles. The highest BCUT2D eigenvalue weighted by Crippen LogP contribution is 2.23. The third-order valence-corrected chi connectivity index (χ3v) is 2.62. The Kier molecular flexibility index (Phi) is 3.82. The van der Waals surface area contributed by atoms with Gasteiger partial charge in [-0.25, -0.2) is 0 Å². The Hall–Kier alpha value is -2.04. The third-order valence-electron chi connectivity index (χ3n) is 2.62. The molecule has 0 saturated carbocycles. The molecule has 94 valence electrons. The first-order chi connectivity index (χ1) is 8.69. The van der Waals surface area contributed by atoms with Crippen LogP contribution in [0.2, 0.25) is 0 Å². The highest BCUT2D eigenvalue weighted by Gasteiger charge is 2.04. The van der Waals surface area contributed by atoms with Crippen molar-refractivity contribution < 1.29 is 9.84 Å². The maximum atomic E-state index is 8.95. The minimum Gasteiger partial charge on any atom is -0.457 e. The van der Waals surface area contributed by atoms with E-state index in [0.29, 0.717) is 11.4 Å². The second-order valence-electron chi connectivity index (χ2n) is 4.03. The van der Waals surface area contributed by atoms with Crippen LogP contribution in [0.3, 0.4) is 0 Å². The lowest BCUT2D eigenvalue weighted by Crippen LogP contribution is -2.14. The van der Waals surface area contributed by atoms with Gasteiger partial charge in [0.15, 0.2) is 0 Å². The standard InChI is InChI=1S/C14H16N2O2/c15-11-3-7-13(8-4-11)18-12-5-1-10(2-6-12)14(16)9-17/h1-8,14,17H,9,15-16H2. The van der Waals surface area contributed by atoms with Gasteiger partial charge in [0.1, 0.15) is 11.5 Å². The van der Waals surface area contributed by atoms with Crippen LogP contribution in [0.4, 0.5) is 5.69 Å². The van der Waals surface area contributed by atoms with E-state index in [0.717, 1.165) is 11.3 Å². The fraction of sp³-hybridized carbons (Fsp3) is 0.143. The van der Waals surface area contributed by atoms with Crippen molar-refractivity contribution >= 4 is 5.69 Å². The second-order valence-corrected chi connectivity index (χ2v) is 4.03. The summed E-state index contributed by atoms with van der Waals surface area (Å²) in [6.45, 7) is -0.0713. The molecule has 0 amide bonds. The van der Waals surface area contributed by atoms with Crippen LogP contribution in [-0.2, 0) is 0 Å². The van der Waals surface area contributed by atoms with Crippen molar-refractivity contribution in [1.82, 2.24) is 0 Å². The van der Waals surface area contributed by atoms with Gasteiger partial charge >= 0.3 is 0 Å². The van der Waals surface area contributed by atoms with E-state index in [-0.39, 0.29) is 12.6 Å². The number of rotatable bonds is 4. The fourth-order valence-electron chi connectivity index (χ4n) is 1.56. The monoisotopic (exact) mass is 244 g/mol. The first-order valence-corrected chi connectivity index (χ1v) is 5.69. The Bertz CT molecular complexity index is 494.